The number of hydrogen-bond donors (Lipinski definition) is 1. The SMILES string of the molecule is CCc1cc(CN)cc(N2CCOCC2C)n1. The van der Waals surface area contributed by atoms with Gasteiger partial charge < -0.3 is 15.4 Å². The number of aromatic nitrogens is 1. The lowest BCUT2D eigenvalue weighted by Crippen LogP contribution is -2.44. The second kappa shape index (κ2) is 5.47. The van der Waals surface area contributed by atoms with Crippen molar-refractivity contribution in [3.63, 3.8) is 0 Å². The van der Waals surface area contributed by atoms with Gasteiger partial charge in [-0.2, -0.15) is 0 Å². The van der Waals surface area contributed by atoms with E-state index in [1.165, 1.54) is 0 Å². The van der Waals surface area contributed by atoms with Crippen LogP contribution in [-0.4, -0.2) is 30.8 Å². The number of nitrogens with zero attached hydrogens (tertiary/aromatic N) is 2. The fourth-order valence-electron chi connectivity index (χ4n) is 2.15. The number of nitrogens with two attached hydrogens (primary N) is 1. The Balaban J connectivity index is 2.29. The van der Waals surface area contributed by atoms with Crippen molar-refractivity contribution in [2.45, 2.75) is 32.9 Å². The zero-order chi connectivity index (χ0) is 12.3. The third-order valence-corrected chi connectivity index (χ3v) is 3.18. The molecule has 1 aromatic rings. The van der Waals surface area contributed by atoms with Gasteiger partial charge in [-0.1, -0.05) is 6.92 Å². The van der Waals surface area contributed by atoms with Crippen LogP contribution in [-0.2, 0) is 17.7 Å². The number of pyridine rings is 1. The zero-order valence-electron chi connectivity index (χ0n) is 10.6. The Morgan fingerprint density at radius 2 is 2.35 bits per heavy atom. The van der Waals surface area contributed by atoms with E-state index >= 15 is 0 Å². The Hall–Kier alpha value is -1.13. The number of aryl methyl sites for hydroxylation is 1. The zero-order valence-corrected chi connectivity index (χ0v) is 10.6. The van der Waals surface area contributed by atoms with Gasteiger partial charge in [-0.3, -0.25) is 0 Å². The molecule has 94 valence electrons. The molecule has 1 aliphatic heterocycles. The van der Waals surface area contributed by atoms with Gasteiger partial charge in [0.15, 0.2) is 0 Å². The highest BCUT2D eigenvalue weighted by molar-refractivity contribution is 5.44. The summed E-state index contributed by atoms with van der Waals surface area (Å²) in [7, 11) is 0. The van der Waals surface area contributed by atoms with Crippen molar-refractivity contribution < 1.29 is 4.74 Å². The average molecular weight is 235 g/mol. The molecule has 1 saturated heterocycles. The Labute approximate surface area is 103 Å². The van der Waals surface area contributed by atoms with E-state index < -0.39 is 0 Å². The first-order valence-corrected chi connectivity index (χ1v) is 6.29. The molecule has 0 radical (unpaired) electrons. The Kier molecular flexibility index (Phi) is 3.97. The summed E-state index contributed by atoms with van der Waals surface area (Å²) in [4.78, 5) is 7.00. The first-order valence-electron chi connectivity index (χ1n) is 6.29. The molecule has 0 aliphatic carbocycles. The molecule has 0 amide bonds. The predicted octanol–water partition coefficient (Wildman–Crippen LogP) is 1.33. The van der Waals surface area contributed by atoms with Crippen molar-refractivity contribution in [2.75, 3.05) is 24.7 Å². The number of hydrogen-bond acceptors (Lipinski definition) is 4. The summed E-state index contributed by atoms with van der Waals surface area (Å²) in [6.07, 6.45) is 0.944. The molecule has 2 N–H and O–H groups in total. The monoisotopic (exact) mass is 235 g/mol. The molecule has 17 heavy (non-hydrogen) atoms. The van der Waals surface area contributed by atoms with Gasteiger partial charge in [-0.05, 0) is 31.0 Å². The maximum atomic E-state index is 5.74. The van der Waals surface area contributed by atoms with E-state index in [1.54, 1.807) is 0 Å². The topological polar surface area (TPSA) is 51.4 Å². The molecule has 0 bridgehead atoms. The molecular weight excluding hydrogens is 214 g/mol. The first-order chi connectivity index (χ1) is 8.24. The van der Waals surface area contributed by atoms with Crippen LogP contribution < -0.4 is 10.6 Å². The van der Waals surface area contributed by atoms with Crippen LogP contribution in [0.1, 0.15) is 25.1 Å². The fourth-order valence-corrected chi connectivity index (χ4v) is 2.15. The van der Waals surface area contributed by atoms with E-state index in [1.807, 2.05) is 0 Å². The maximum Gasteiger partial charge on any atom is 0.129 e. The van der Waals surface area contributed by atoms with Crippen molar-refractivity contribution in [3.05, 3.63) is 23.4 Å². The summed E-state index contributed by atoms with van der Waals surface area (Å²) in [6, 6.07) is 4.57. The van der Waals surface area contributed by atoms with Gasteiger partial charge >= 0.3 is 0 Å². The van der Waals surface area contributed by atoms with Gasteiger partial charge in [0.2, 0.25) is 0 Å². The maximum absolute atomic E-state index is 5.74. The van der Waals surface area contributed by atoms with Crippen molar-refractivity contribution in [1.29, 1.82) is 0 Å². The lowest BCUT2D eigenvalue weighted by Gasteiger charge is -2.34. The minimum atomic E-state index is 0.383. The predicted molar refractivity (Wildman–Crippen MR) is 69.1 cm³/mol. The quantitative estimate of drug-likeness (QED) is 0.858. The fraction of sp³-hybridized carbons (Fsp3) is 0.615. The van der Waals surface area contributed by atoms with E-state index in [4.69, 9.17) is 10.5 Å². The van der Waals surface area contributed by atoms with Crippen LogP contribution >= 0.6 is 0 Å². The Morgan fingerprint density at radius 3 is 3.00 bits per heavy atom. The average Bonchev–Trinajstić information content (AvgIpc) is 2.38. The molecule has 1 unspecified atom stereocenters. The van der Waals surface area contributed by atoms with Crippen LogP contribution in [0, 0.1) is 0 Å². The largest absolute Gasteiger partial charge is 0.377 e. The van der Waals surface area contributed by atoms with Crippen LogP contribution in [0.3, 0.4) is 0 Å². The normalized spacial score (nSPS) is 20.6. The van der Waals surface area contributed by atoms with Crippen molar-refractivity contribution >= 4 is 5.82 Å². The number of ether oxygens (including phenoxy) is 1. The lowest BCUT2D eigenvalue weighted by molar-refractivity contribution is 0.0985. The Bertz CT molecular complexity index is 359. The third-order valence-electron chi connectivity index (χ3n) is 3.18. The molecule has 4 heteroatoms. The lowest BCUT2D eigenvalue weighted by atomic mass is 10.1. The second-order valence-corrected chi connectivity index (χ2v) is 4.50. The Morgan fingerprint density at radius 1 is 1.53 bits per heavy atom. The molecule has 4 nitrogen and oxygen atoms in total. The minimum absolute atomic E-state index is 0.383. The summed E-state index contributed by atoms with van der Waals surface area (Å²) < 4.78 is 5.45. The van der Waals surface area contributed by atoms with Gasteiger partial charge in [0.25, 0.3) is 0 Å². The molecule has 0 spiro atoms. The van der Waals surface area contributed by atoms with Crippen LogP contribution in [0.2, 0.25) is 0 Å². The standard InChI is InChI=1S/C13H21N3O/c1-3-12-6-11(8-14)7-13(15-12)16-4-5-17-9-10(16)2/h6-7,10H,3-5,8-9,14H2,1-2H3. The molecule has 1 fully saturated rings. The summed E-state index contributed by atoms with van der Waals surface area (Å²) >= 11 is 0. The van der Waals surface area contributed by atoms with E-state index in [2.05, 4.69) is 35.9 Å². The smallest absolute Gasteiger partial charge is 0.129 e. The highest BCUT2D eigenvalue weighted by atomic mass is 16.5. The summed E-state index contributed by atoms with van der Waals surface area (Å²) in [5.74, 6) is 1.04. The van der Waals surface area contributed by atoms with E-state index in [9.17, 15) is 0 Å². The highest BCUT2D eigenvalue weighted by Gasteiger charge is 2.20. The second-order valence-electron chi connectivity index (χ2n) is 4.50. The first kappa shape index (κ1) is 12.3. The summed E-state index contributed by atoms with van der Waals surface area (Å²) in [5, 5.41) is 0. The third kappa shape index (κ3) is 2.76. The van der Waals surface area contributed by atoms with E-state index in [0.717, 1.165) is 43.3 Å². The van der Waals surface area contributed by atoms with Crippen LogP contribution in [0.25, 0.3) is 0 Å². The van der Waals surface area contributed by atoms with Gasteiger partial charge in [0.05, 0.1) is 19.3 Å². The van der Waals surface area contributed by atoms with Crippen molar-refractivity contribution in [3.8, 4) is 0 Å². The molecule has 1 atom stereocenters. The minimum Gasteiger partial charge on any atom is -0.377 e. The number of morpholine rings is 1. The van der Waals surface area contributed by atoms with Crippen molar-refractivity contribution in [1.82, 2.24) is 4.98 Å². The highest BCUT2D eigenvalue weighted by Crippen LogP contribution is 2.20. The van der Waals surface area contributed by atoms with Crippen LogP contribution in [0.5, 0.6) is 0 Å². The number of rotatable bonds is 3. The van der Waals surface area contributed by atoms with Crippen molar-refractivity contribution in [2.24, 2.45) is 5.73 Å². The molecule has 2 heterocycles. The van der Waals surface area contributed by atoms with Crippen LogP contribution in [0.15, 0.2) is 12.1 Å². The summed E-state index contributed by atoms with van der Waals surface area (Å²) in [5.41, 5.74) is 8.01. The number of anilines is 1. The molecule has 0 saturated carbocycles. The molecule has 0 aromatic carbocycles. The van der Waals surface area contributed by atoms with Gasteiger partial charge in [0, 0.05) is 18.8 Å². The molecule has 2 rings (SSSR count). The summed E-state index contributed by atoms with van der Waals surface area (Å²) in [6.45, 7) is 7.32. The molecule has 1 aromatic heterocycles. The van der Waals surface area contributed by atoms with Gasteiger partial charge in [-0.25, -0.2) is 4.98 Å². The van der Waals surface area contributed by atoms with E-state index in [0.29, 0.717) is 12.6 Å². The van der Waals surface area contributed by atoms with E-state index in [-0.39, 0.29) is 0 Å². The molecule has 1 aliphatic rings. The van der Waals surface area contributed by atoms with Crippen LogP contribution in [0.4, 0.5) is 5.82 Å². The van der Waals surface area contributed by atoms with Gasteiger partial charge in [0.1, 0.15) is 5.82 Å². The van der Waals surface area contributed by atoms with Gasteiger partial charge in [-0.15, -0.1) is 0 Å². The molecular formula is C13H21N3O.